The topological polar surface area (TPSA) is 109 Å². The maximum absolute atomic E-state index is 13.7. The second kappa shape index (κ2) is 13.3. The molecule has 0 aromatic heterocycles. The first-order valence-electron chi connectivity index (χ1n) is 12.4. The highest BCUT2D eigenvalue weighted by atomic mass is 19.1. The van der Waals surface area contributed by atoms with Gasteiger partial charge in [0.2, 0.25) is 11.8 Å². The van der Waals surface area contributed by atoms with Crippen LogP contribution >= 0.6 is 0 Å². The number of hydrogen-bond donors (Lipinski definition) is 3. The Kier molecular flexibility index (Phi) is 10.1. The zero-order valence-corrected chi connectivity index (χ0v) is 20.2. The Hall–Kier alpha value is -2.68. The molecule has 4 N–H and O–H groups in total. The van der Waals surface area contributed by atoms with Gasteiger partial charge in [0.05, 0.1) is 13.7 Å². The molecule has 2 amide bonds. The molecule has 8 nitrogen and oxygen atoms in total. The van der Waals surface area contributed by atoms with Gasteiger partial charge >= 0.3 is 0 Å². The molecular formula is C25H38FN5O3. The standard InChI is InChI=1S/C25H38FN5O3/c1-34-22-15-19(10-11-20(22)26)16-28-24(33)21(14-18-8-4-2-5-9-18)29-25(27)30-23(32)17-31-12-6-3-7-13-31/h10-11,15,18,21H,2-9,12-14,16-17H2,1H3,(H,28,33)(H3,27,29,30,32). The minimum atomic E-state index is -0.694. The Bertz CT molecular complexity index is 851. The smallest absolute Gasteiger partial charge is 0.245 e. The summed E-state index contributed by atoms with van der Waals surface area (Å²) >= 11 is 0. The first-order valence-corrected chi connectivity index (χ1v) is 12.4. The summed E-state index contributed by atoms with van der Waals surface area (Å²) in [5.74, 6) is -0.424. The number of nitrogens with two attached hydrogens (primary N) is 1. The number of piperidine rings is 1. The third kappa shape index (κ3) is 8.27. The van der Waals surface area contributed by atoms with E-state index in [4.69, 9.17) is 10.5 Å². The van der Waals surface area contributed by atoms with Crippen molar-refractivity contribution in [1.82, 2.24) is 15.5 Å². The van der Waals surface area contributed by atoms with Crippen LogP contribution in [-0.4, -0.2) is 55.5 Å². The normalized spacial score (nSPS) is 18.8. The first kappa shape index (κ1) is 25.9. The molecule has 1 aromatic rings. The Morgan fingerprint density at radius 2 is 1.88 bits per heavy atom. The molecule has 1 aliphatic heterocycles. The highest BCUT2D eigenvalue weighted by Gasteiger charge is 2.25. The number of guanidine groups is 1. The molecule has 1 saturated carbocycles. The third-order valence-corrected chi connectivity index (χ3v) is 6.64. The van der Waals surface area contributed by atoms with Gasteiger partial charge in [0.25, 0.3) is 0 Å². The molecule has 0 bridgehead atoms. The highest BCUT2D eigenvalue weighted by molar-refractivity contribution is 5.98. The Balaban J connectivity index is 1.61. The molecule has 1 saturated heterocycles. The molecule has 1 heterocycles. The van der Waals surface area contributed by atoms with Crippen LogP contribution in [0.15, 0.2) is 23.2 Å². The van der Waals surface area contributed by atoms with Crippen molar-refractivity contribution in [2.75, 3.05) is 26.7 Å². The van der Waals surface area contributed by atoms with E-state index in [0.717, 1.165) is 57.2 Å². The number of halogens is 1. The number of rotatable bonds is 9. The predicted octanol–water partition coefficient (Wildman–Crippen LogP) is 2.71. The second-order valence-electron chi connectivity index (χ2n) is 9.34. The highest BCUT2D eigenvalue weighted by Crippen LogP contribution is 2.28. The van der Waals surface area contributed by atoms with Gasteiger partial charge in [0, 0.05) is 6.54 Å². The molecule has 1 aromatic carbocycles. The first-order chi connectivity index (χ1) is 16.4. The number of nitrogens with one attached hydrogen (secondary N) is 2. The van der Waals surface area contributed by atoms with Crippen LogP contribution in [0.3, 0.4) is 0 Å². The van der Waals surface area contributed by atoms with Gasteiger partial charge in [0.1, 0.15) is 6.04 Å². The van der Waals surface area contributed by atoms with Crippen LogP contribution in [-0.2, 0) is 16.1 Å². The number of likely N-dealkylation sites (tertiary alicyclic amines) is 1. The fourth-order valence-corrected chi connectivity index (χ4v) is 4.78. The van der Waals surface area contributed by atoms with Crippen LogP contribution in [0.4, 0.5) is 4.39 Å². The molecule has 34 heavy (non-hydrogen) atoms. The Morgan fingerprint density at radius 3 is 2.59 bits per heavy atom. The molecular weight excluding hydrogens is 437 g/mol. The van der Waals surface area contributed by atoms with E-state index in [1.54, 1.807) is 12.1 Å². The van der Waals surface area contributed by atoms with Gasteiger partial charge in [-0.25, -0.2) is 9.38 Å². The number of benzene rings is 1. The van der Waals surface area contributed by atoms with Crippen LogP contribution in [0.1, 0.15) is 63.4 Å². The van der Waals surface area contributed by atoms with Gasteiger partial charge in [-0.3, -0.25) is 19.8 Å². The molecule has 2 aliphatic rings. The minimum Gasteiger partial charge on any atom is -0.494 e. The molecule has 188 valence electrons. The molecule has 1 unspecified atom stereocenters. The fraction of sp³-hybridized carbons (Fsp3) is 0.640. The Morgan fingerprint density at radius 1 is 1.18 bits per heavy atom. The molecule has 9 heteroatoms. The molecule has 0 radical (unpaired) electrons. The number of carbonyl (C=O) groups is 2. The lowest BCUT2D eigenvalue weighted by atomic mass is 9.84. The number of carbonyl (C=O) groups excluding carboxylic acids is 2. The van der Waals surface area contributed by atoms with Gasteiger partial charge in [0.15, 0.2) is 17.5 Å². The van der Waals surface area contributed by atoms with E-state index in [1.807, 2.05) is 0 Å². The van der Waals surface area contributed by atoms with Gasteiger partial charge in [-0.05, 0) is 56.0 Å². The summed E-state index contributed by atoms with van der Waals surface area (Å²) < 4.78 is 18.7. The average Bonchev–Trinajstić information content (AvgIpc) is 2.84. The summed E-state index contributed by atoms with van der Waals surface area (Å²) in [5.41, 5.74) is 6.76. The van der Waals surface area contributed by atoms with Gasteiger partial charge < -0.3 is 15.8 Å². The van der Waals surface area contributed by atoms with Crippen LogP contribution in [0.2, 0.25) is 0 Å². The summed E-state index contributed by atoms with van der Waals surface area (Å²) in [6.45, 7) is 2.31. The quantitative estimate of drug-likeness (QED) is 0.376. The van der Waals surface area contributed by atoms with Crippen molar-refractivity contribution in [3.8, 4) is 5.75 Å². The van der Waals surface area contributed by atoms with Crippen LogP contribution in [0, 0.1) is 11.7 Å². The van der Waals surface area contributed by atoms with E-state index in [9.17, 15) is 14.0 Å². The fourth-order valence-electron chi connectivity index (χ4n) is 4.78. The lowest BCUT2D eigenvalue weighted by Crippen LogP contribution is -2.46. The van der Waals surface area contributed by atoms with Crippen molar-refractivity contribution in [3.05, 3.63) is 29.6 Å². The third-order valence-electron chi connectivity index (χ3n) is 6.64. The van der Waals surface area contributed by atoms with Crippen molar-refractivity contribution in [3.63, 3.8) is 0 Å². The van der Waals surface area contributed by atoms with E-state index in [0.29, 0.717) is 12.3 Å². The van der Waals surface area contributed by atoms with Crippen molar-refractivity contribution in [2.24, 2.45) is 16.6 Å². The number of ether oxygens (including phenoxy) is 1. The minimum absolute atomic E-state index is 0.0265. The number of methoxy groups -OCH3 is 1. The zero-order chi connectivity index (χ0) is 24.3. The lowest BCUT2D eigenvalue weighted by Gasteiger charge is -2.26. The van der Waals surface area contributed by atoms with Crippen molar-refractivity contribution >= 4 is 17.8 Å². The number of amides is 2. The summed E-state index contributed by atoms with van der Waals surface area (Å²) in [7, 11) is 1.40. The summed E-state index contributed by atoms with van der Waals surface area (Å²) in [5, 5.41) is 5.54. The van der Waals surface area contributed by atoms with E-state index in [-0.39, 0.29) is 36.6 Å². The van der Waals surface area contributed by atoms with Crippen LogP contribution in [0.25, 0.3) is 0 Å². The van der Waals surface area contributed by atoms with E-state index in [1.165, 1.54) is 26.0 Å². The van der Waals surface area contributed by atoms with E-state index < -0.39 is 11.9 Å². The van der Waals surface area contributed by atoms with Gasteiger partial charge in [-0.1, -0.05) is 44.6 Å². The Labute approximate surface area is 201 Å². The maximum Gasteiger partial charge on any atom is 0.245 e. The summed E-state index contributed by atoms with van der Waals surface area (Å²) in [6.07, 6.45) is 9.63. The predicted molar refractivity (Wildman–Crippen MR) is 130 cm³/mol. The zero-order valence-electron chi connectivity index (χ0n) is 20.2. The second-order valence-corrected chi connectivity index (χ2v) is 9.34. The van der Waals surface area contributed by atoms with Crippen LogP contribution < -0.4 is 21.1 Å². The summed E-state index contributed by atoms with van der Waals surface area (Å²) in [6, 6.07) is 3.78. The molecule has 2 fully saturated rings. The number of aliphatic imine (C=N–C) groups is 1. The monoisotopic (exact) mass is 475 g/mol. The van der Waals surface area contributed by atoms with Crippen molar-refractivity contribution in [2.45, 2.75) is 70.4 Å². The maximum atomic E-state index is 13.7. The van der Waals surface area contributed by atoms with E-state index in [2.05, 4.69) is 20.5 Å². The van der Waals surface area contributed by atoms with E-state index >= 15 is 0 Å². The SMILES string of the molecule is COc1cc(CNC(=O)C(CC2CCCCC2)N=C(N)NC(=O)CN2CCCCC2)ccc1F. The van der Waals surface area contributed by atoms with Crippen molar-refractivity contribution < 1.29 is 18.7 Å². The van der Waals surface area contributed by atoms with Crippen molar-refractivity contribution in [1.29, 1.82) is 0 Å². The molecule has 1 atom stereocenters. The lowest BCUT2D eigenvalue weighted by molar-refractivity contribution is -0.123. The number of nitrogens with zero attached hydrogens (tertiary/aromatic N) is 2. The van der Waals surface area contributed by atoms with Gasteiger partial charge in [-0.2, -0.15) is 0 Å². The van der Waals surface area contributed by atoms with Crippen LogP contribution in [0.5, 0.6) is 5.75 Å². The number of hydrogen-bond acceptors (Lipinski definition) is 5. The molecule has 0 spiro atoms. The molecule has 1 aliphatic carbocycles. The van der Waals surface area contributed by atoms with Gasteiger partial charge in [-0.15, -0.1) is 0 Å². The molecule has 3 rings (SSSR count). The summed E-state index contributed by atoms with van der Waals surface area (Å²) in [4.78, 5) is 32.0. The average molecular weight is 476 g/mol. The largest absolute Gasteiger partial charge is 0.494 e.